The van der Waals surface area contributed by atoms with E-state index in [2.05, 4.69) is 16.5 Å². The molecule has 3 rings (SSSR count). The summed E-state index contributed by atoms with van der Waals surface area (Å²) in [6, 6.07) is 3.66. The molecule has 0 saturated heterocycles. The number of hydrogen-bond acceptors (Lipinski definition) is 5. The van der Waals surface area contributed by atoms with Crippen LogP contribution in [0.5, 0.6) is 0 Å². The molecule has 2 aromatic rings. The number of amides is 1. The molecule has 5 nitrogen and oxygen atoms in total. The van der Waals surface area contributed by atoms with Crippen molar-refractivity contribution in [3.63, 3.8) is 0 Å². The maximum Gasteiger partial charge on any atom is 0.294 e. The Morgan fingerprint density at radius 2 is 2.44 bits per heavy atom. The molecule has 0 fully saturated rings. The van der Waals surface area contributed by atoms with Crippen LogP contribution in [0.1, 0.15) is 33.0 Å². The van der Waals surface area contributed by atoms with E-state index >= 15 is 0 Å². The Labute approximate surface area is 107 Å². The average molecular weight is 259 g/mol. The molecular formula is C12H9N3O2S. The zero-order valence-electron chi connectivity index (χ0n) is 9.40. The van der Waals surface area contributed by atoms with Crippen LogP contribution in [0, 0.1) is 11.3 Å². The Morgan fingerprint density at radius 1 is 1.56 bits per heavy atom. The van der Waals surface area contributed by atoms with Crippen LogP contribution in [0.4, 0.5) is 5.00 Å². The summed E-state index contributed by atoms with van der Waals surface area (Å²) in [4.78, 5) is 13.0. The van der Waals surface area contributed by atoms with Crippen LogP contribution < -0.4 is 5.32 Å². The molecule has 1 aliphatic rings. The Kier molecular flexibility index (Phi) is 2.61. The standard InChI is InChI=1S/C12H9N3O2S/c13-6-8-7-2-1-3-10(7)18-12(8)15-11(16)9-4-5-14-17-9/h4-5H,1-3H2,(H,15,16). The SMILES string of the molecule is N#Cc1c(NC(=O)c2ccno2)sc2c1CCC2. The molecule has 0 atom stereocenters. The number of carbonyl (C=O) groups excluding carboxylic acids is 1. The number of nitriles is 1. The summed E-state index contributed by atoms with van der Waals surface area (Å²) in [5.41, 5.74) is 1.69. The van der Waals surface area contributed by atoms with E-state index < -0.39 is 0 Å². The number of aromatic nitrogens is 1. The van der Waals surface area contributed by atoms with E-state index in [9.17, 15) is 10.1 Å². The number of anilines is 1. The van der Waals surface area contributed by atoms with Gasteiger partial charge in [-0.05, 0) is 24.8 Å². The molecule has 2 aromatic heterocycles. The number of thiophene rings is 1. The lowest BCUT2D eigenvalue weighted by Crippen LogP contribution is -2.10. The molecule has 6 heteroatoms. The van der Waals surface area contributed by atoms with Gasteiger partial charge in [-0.2, -0.15) is 5.26 Å². The van der Waals surface area contributed by atoms with Crippen molar-refractivity contribution in [2.24, 2.45) is 0 Å². The fourth-order valence-electron chi connectivity index (χ4n) is 2.11. The predicted molar refractivity (Wildman–Crippen MR) is 65.5 cm³/mol. The first kappa shape index (κ1) is 11.0. The maximum absolute atomic E-state index is 11.8. The minimum absolute atomic E-state index is 0.146. The van der Waals surface area contributed by atoms with Crippen LogP contribution in [0.3, 0.4) is 0 Å². The molecule has 1 N–H and O–H groups in total. The largest absolute Gasteiger partial charge is 0.351 e. The Balaban J connectivity index is 1.90. The zero-order chi connectivity index (χ0) is 12.5. The summed E-state index contributed by atoms with van der Waals surface area (Å²) in [5.74, 6) is -0.226. The Morgan fingerprint density at radius 3 is 3.17 bits per heavy atom. The number of rotatable bonds is 2. The molecule has 1 aliphatic carbocycles. The van der Waals surface area contributed by atoms with Gasteiger partial charge in [0, 0.05) is 10.9 Å². The first-order chi connectivity index (χ1) is 8.79. The third-order valence-electron chi connectivity index (χ3n) is 2.92. The van der Waals surface area contributed by atoms with E-state index in [1.165, 1.54) is 28.5 Å². The van der Waals surface area contributed by atoms with Gasteiger partial charge >= 0.3 is 0 Å². The lowest BCUT2D eigenvalue weighted by molar-refractivity contribution is 0.0988. The van der Waals surface area contributed by atoms with E-state index in [0.717, 1.165) is 24.8 Å². The molecule has 0 radical (unpaired) electrons. The normalized spacial score (nSPS) is 13.1. The molecule has 2 heterocycles. The number of nitrogens with one attached hydrogen (secondary N) is 1. The van der Waals surface area contributed by atoms with Crippen LogP contribution in [-0.2, 0) is 12.8 Å². The first-order valence-electron chi connectivity index (χ1n) is 5.56. The average Bonchev–Trinajstić information content (AvgIpc) is 3.04. The molecule has 1 amide bonds. The van der Waals surface area contributed by atoms with Gasteiger partial charge < -0.3 is 9.84 Å². The van der Waals surface area contributed by atoms with E-state index in [0.29, 0.717) is 10.6 Å². The summed E-state index contributed by atoms with van der Waals surface area (Å²) < 4.78 is 4.78. The molecule has 0 aromatic carbocycles. The lowest BCUT2D eigenvalue weighted by Gasteiger charge is -2.00. The van der Waals surface area contributed by atoms with Crippen LogP contribution >= 0.6 is 11.3 Å². The number of carbonyl (C=O) groups is 1. The van der Waals surface area contributed by atoms with Crippen molar-refractivity contribution in [1.29, 1.82) is 5.26 Å². The molecule has 0 spiro atoms. The molecule has 18 heavy (non-hydrogen) atoms. The number of fused-ring (bicyclic) bond motifs is 1. The highest BCUT2D eigenvalue weighted by atomic mass is 32.1. The van der Waals surface area contributed by atoms with Crippen LogP contribution in [-0.4, -0.2) is 11.1 Å². The van der Waals surface area contributed by atoms with Crippen LogP contribution in [0.25, 0.3) is 0 Å². The Hall–Kier alpha value is -2.13. The van der Waals surface area contributed by atoms with Gasteiger partial charge in [-0.1, -0.05) is 5.16 Å². The van der Waals surface area contributed by atoms with Gasteiger partial charge in [-0.15, -0.1) is 11.3 Å². The second-order valence-electron chi connectivity index (χ2n) is 4.00. The van der Waals surface area contributed by atoms with Gasteiger partial charge in [0.1, 0.15) is 11.1 Å². The van der Waals surface area contributed by atoms with E-state index in [-0.39, 0.29) is 11.7 Å². The van der Waals surface area contributed by atoms with Gasteiger partial charge in [0.25, 0.3) is 5.91 Å². The van der Waals surface area contributed by atoms with E-state index in [4.69, 9.17) is 4.52 Å². The molecule has 0 aliphatic heterocycles. The maximum atomic E-state index is 11.8. The van der Waals surface area contributed by atoms with E-state index in [1.807, 2.05) is 0 Å². The first-order valence-corrected chi connectivity index (χ1v) is 6.38. The summed E-state index contributed by atoms with van der Waals surface area (Å²) in [6.45, 7) is 0. The minimum Gasteiger partial charge on any atom is -0.351 e. The minimum atomic E-state index is -0.371. The second kappa shape index (κ2) is 4.27. The highest BCUT2D eigenvalue weighted by molar-refractivity contribution is 7.16. The molecule has 90 valence electrons. The van der Waals surface area contributed by atoms with Gasteiger partial charge in [0.05, 0.1) is 11.8 Å². The summed E-state index contributed by atoms with van der Waals surface area (Å²) in [5, 5.41) is 16.0. The fraction of sp³-hybridized carbons (Fsp3) is 0.250. The number of aryl methyl sites for hydroxylation is 1. The van der Waals surface area contributed by atoms with Crippen molar-refractivity contribution < 1.29 is 9.32 Å². The van der Waals surface area contributed by atoms with Gasteiger partial charge in [-0.25, -0.2) is 0 Å². The summed E-state index contributed by atoms with van der Waals surface area (Å²) >= 11 is 1.48. The van der Waals surface area contributed by atoms with Crippen LogP contribution in [0.2, 0.25) is 0 Å². The van der Waals surface area contributed by atoms with Gasteiger partial charge in [0.15, 0.2) is 0 Å². The van der Waals surface area contributed by atoms with Crippen molar-refractivity contribution in [1.82, 2.24) is 5.16 Å². The number of nitrogens with zero attached hydrogens (tertiary/aromatic N) is 2. The highest BCUT2D eigenvalue weighted by Crippen LogP contribution is 2.38. The monoisotopic (exact) mass is 259 g/mol. The zero-order valence-corrected chi connectivity index (χ0v) is 10.2. The van der Waals surface area contributed by atoms with Crippen molar-refractivity contribution in [3.8, 4) is 6.07 Å². The van der Waals surface area contributed by atoms with E-state index in [1.54, 1.807) is 0 Å². The molecule has 0 bridgehead atoms. The smallest absolute Gasteiger partial charge is 0.294 e. The summed E-state index contributed by atoms with van der Waals surface area (Å²) in [7, 11) is 0. The van der Waals surface area contributed by atoms with Crippen molar-refractivity contribution in [2.75, 3.05) is 5.32 Å². The molecule has 0 saturated carbocycles. The fourth-order valence-corrected chi connectivity index (χ4v) is 3.34. The van der Waals surface area contributed by atoms with Crippen molar-refractivity contribution in [2.45, 2.75) is 19.3 Å². The lowest BCUT2D eigenvalue weighted by atomic mass is 10.1. The van der Waals surface area contributed by atoms with Crippen molar-refractivity contribution in [3.05, 3.63) is 34.0 Å². The summed E-state index contributed by atoms with van der Waals surface area (Å²) in [6.07, 6.45) is 4.42. The molecular weight excluding hydrogens is 250 g/mol. The predicted octanol–water partition coefficient (Wildman–Crippen LogP) is 2.35. The second-order valence-corrected chi connectivity index (χ2v) is 5.11. The quantitative estimate of drug-likeness (QED) is 0.897. The van der Waals surface area contributed by atoms with Gasteiger partial charge in [0.2, 0.25) is 5.76 Å². The third-order valence-corrected chi connectivity index (χ3v) is 4.13. The van der Waals surface area contributed by atoms with Crippen molar-refractivity contribution >= 4 is 22.2 Å². The molecule has 0 unspecified atom stereocenters. The highest BCUT2D eigenvalue weighted by Gasteiger charge is 2.23. The Bertz CT molecular complexity index is 637. The third kappa shape index (κ3) is 1.69. The topological polar surface area (TPSA) is 78.9 Å². The number of hydrogen-bond donors (Lipinski definition) is 1. The van der Waals surface area contributed by atoms with Crippen LogP contribution in [0.15, 0.2) is 16.8 Å². The van der Waals surface area contributed by atoms with Gasteiger partial charge in [-0.3, -0.25) is 4.79 Å².